The average Bonchev–Trinajstić information content (AvgIpc) is 2.43. The third kappa shape index (κ3) is 3.49. The van der Waals surface area contributed by atoms with Crippen molar-refractivity contribution < 1.29 is 9.18 Å². The van der Waals surface area contributed by atoms with Gasteiger partial charge in [0, 0.05) is 10.9 Å². The van der Waals surface area contributed by atoms with Crippen molar-refractivity contribution in [2.24, 2.45) is 5.73 Å². The summed E-state index contributed by atoms with van der Waals surface area (Å²) >= 11 is 3.26. The second-order valence-electron chi connectivity index (χ2n) is 4.27. The van der Waals surface area contributed by atoms with Crippen LogP contribution in [0.25, 0.3) is 0 Å². The van der Waals surface area contributed by atoms with Crippen LogP contribution in [0.4, 0.5) is 4.39 Å². The van der Waals surface area contributed by atoms with Crippen molar-refractivity contribution in [1.82, 2.24) is 0 Å². The van der Waals surface area contributed by atoms with E-state index in [1.165, 1.54) is 6.07 Å². The van der Waals surface area contributed by atoms with E-state index in [9.17, 15) is 9.18 Å². The fourth-order valence-corrected chi connectivity index (χ4v) is 2.23. The minimum atomic E-state index is -0.723. The van der Waals surface area contributed by atoms with Crippen LogP contribution in [0.1, 0.15) is 17.2 Å². The summed E-state index contributed by atoms with van der Waals surface area (Å²) in [4.78, 5) is 12.1. The molecule has 2 N–H and O–H groups in total. The number of nitrogens with two attached hydrogens (primary N) is 1. The maximum absolute atomic E-state index is 13.6. The minimum Gasteiger partial charge on any atom is -0.318 e. The first kappa shape index (κ1) is 13.9. The molecule has 2 nitrogen and oxygen atoms in total. The first-order valence-corrected chi connectivity index (χ1v) is 6.64. The van der Waals surface area contributed by atoms with Gasteiger partial charge in [-0.15, -0.1) is 0 Å². The Morgan fingerprint density at radius 3 is 2.58 bits per heavy atom. The van der Waals surface area contributed by atoms with Crippen molar-refractivity contribution in [1.29, 1.82) is 0 Å². The van der Waals surface area contributed by atoms with Crippen LogP contribution in [0, 0.1) is 5.82 Å². The van der Waals surface area contributed by atoms with Gasteiger partial charge in [-0.05, 0) is 29.3 Å². The quantitative estimate of drug-likeness (QED) is 0.937. The molecule has 0 heterocycles. The Bertz CT molecular complexity index is 586. The lowest BCUT2D eigenvalue weighted by atomic mass is 9.98. The number of rotatable bonds is 4. The van der Waals surface area contributed by atoms with E-state index < -0.39 is 11.9 Å². The van der Waals surface area contributed by atoms with Crippen molar-refractivity contribution in [3.63, 3.8) is 0 Å². The Kier molecular flexibility index (Phi) is 4.45. The number of Topliss-reactive ketones (excluding diaryl/α,β-unsaturated/α-hetero) is 1. The number of benzene rings is 2. The van der Waals surface area contributed by atoms with Crippen molar-refractivity contribution in [2.75, 3.05) is 0 Å². The summed E-state index contributed by atoms with van der Waals surface area (Å²) in [6.45, 7) is 0. The fourth-order valence-electron chi connectivity index (χ4n) is 1.82. The van der Waals surface area contributed by atoms with Crippen LogP contribution in [-0.2, 0) is 11.2 Å². The summed E-state index contributed by atoms with van der Waals surface area (Å²) in [6, 6.07) is 12.9. The van der Waals surface area contributed by atoms with Gasteiger partial charge >= 0.3 is 0 Å². The largest absolute Gasteiger partial charge is 0.318 e. The maximum Gasteiger partial charge on any atom is 0.158 e. The zero-order valence-corrected chi connectivity index (χ0v) is 11.7. The van der Waals surface area contributed by atoms with E-state index in [1.807, 2.05) is 18.2 Å². The molecule has 1 unspecified atom stereocenters. The smallest absolute Gasteiger partial charge is 0.158 e. The molecule has 98 valence electrons. The Hall–Kier alpha value is -1.52. The van der Waals surface area contributed by atoms with Gasteiger partial charge in [0.2, 0.25) is 0 Å². The summed E-state index contributed by atoms with van der Waals surface area (Å²) in [5.74, 6) is -0.597. The Morgan fingerprint density at radius 2 is 1.89 bits per heavy atom. The molecule has 0 aliphatic heterocycles. The highest BCUT2D eigenvalue weighted by molar-refractivity contribution is 9.10. The Morgan fingerprint density at radius 1 is 1.21 bits per heavy atom. The van der Waals surface area contributed by atoms with E-state index in [2.05, 4.69) is 15.9 Å². The molecule has 2 aromatic rings. The zero-order valence-electron chi connectivity index (χ0n) is 10.1. The lowest BCUT2D eigenvalue weighted by molar-refractivity contribution is -0.119. The lowest BCUT2D eigenvalue weighted by Crippen LogP contribution is -2.23. The molecular weight excluding hydrogens is 309 g/mol. The highest BCUT2D eigenvalue weighted by Crippen LogP contribution is 2.19. The number of hydrogen-bond donors (Lipinski definition) is 1. The molecule has 2 aromatic carbocycles. The molecule has 0 aliphatic rings. The summed E-state index contributed by atoms with van der Waals surface area (Å²) in [5, 5.41) is 0. The Labute approximate surface area is 119 Å². The molecule has 0 radical (unpaired) electrons. The number of carbonyl (C=O) groups excluding carboxylic acids is 1. The van der Waals surface area contributed by atoms with Crippen LogP contribution in [0.15, 0.2) is 53.0 Å². The molecule has 0 bridgehead atoms. The summed E-state index contributed by atoms with van der Waals surface area (Å²) in [7, 11) is 0. The molecule has 19 heavy (non-hydrogen) atoms. The first-order chi connectivity index (χ1) is 9.08. The maximum atomic E-state index is 13.6. The van der Waals surface area contributed by atoms with Gasteiger partial charge in [-0.25, -0.2) is 4.39 Å². The van der Waals surface area contributed by atoms with E-state index in [-0.39, 0.29) is 12.2 Å². The van der Waals surface area contributed by atoms with E-state index in [1.54, 1.807) is 24.3 Å². The third-order valence-electron chi connectivity index (χ3n) is 2.88. The molecule has 1 atom stereocenters. The highest BCUT2D eigenvalue weighted by Gasteiger charge is 2.17. The van der Waals surface area contributed by atoms with Crippen molar-refractivity contribution in [3.05, 3.63) is 69.9 Å². The predicted molar refractivity (Wildman–Crippen MR) is 76.2 cm³/mol. The van der Waals surface area contributed by atoms with E-state index in [0.29, 0.717) is 5.56 Å². The van der Waals surface area contributed by atoms with E-state index >= 15 is 0 Å². The molecule has 0 aromatic heterocycles. The lowest BCUT2D eigenvalue weighted by Gasteiger charge is -2.11. The summed E-state index contributed by atoms with van der Waals surface area (Å²) in [6.07, 6.45) is -0.0126. The normalized spacial score (nSPS) is 12.2. The molecule has 2 rings (SSSR count). The second-order valence-corrected chi connectivity index (χ2v) is 5.18. The highest BCUT2D eigenvalue weighted by atomic mass is 79.9. The van der Waals surface area contributed by atoms with E-state index in [0.717, 1.165) is 10.0 Å². The van der Waals surface area contributed by atoms with Crippen LogP contribution < -0.4 is 5.73 Å². The monoisotopic (exact) mass is 321 g/mol. The third-order valence-corrected chi connectivity index (χ3v) is 3.37. The fraction of sp³-hybridized carbons (Fsp3) is 0.133. The number of halogens is 2. The molecule has 0 fully saturated rings. The molecule has 0 aliphatic carbocycles. The molecule has 0 saturated carbocycles. The average molecular weight is 322 g/mol. The van der Waals surface area contributed by atoms with Crippen LogP contribution in [0.5, 0.6) is 0 Å². The van der Waals surface area contributed by atoms with Crippen molar-refractivity contribution >= 4 is 21.7 Å². The van der Waals surface area contributed by atoms with Gasteiger partial charge in [-0.2, -0.15) is 0 Å². The number of ketones is 1. The zero-order chi connectivity index (χ0) is 13.8. The van der Waals surface area contributed by atoms with Crippen LogP contribution in [0.2, 0.25) is 0 Å². The van der Waals surface area contributed by atoms with Crippen LogP contribution >= 0.6 is 15.9 Å². The Balaban J connectivity index is 2.15. The molecular formula is C15H13BrFNO. The van der Waals surface area contributed by atoms with Gasteiger partial charge in [0.1, 0.15) is 5.82 Å². The van der Waals surface area contributed by atoms with Crippen molar-refractivity contribution in [2.45, 2.75) is 12.5 Å². The first-order valence-electron chi connectivity index (χ1n) is 5.85. The topological polar surface area (TPSA) is 43.1 Å². The van der Waals surface area contributed by atoms with Gasteiger partial charge in [0.05, 0.1) is 6.04 Å². The van der Waals surface area contributed by atoms with Gasteiger partial charge in [0.25, 0.3) is 0 Å². The van der Waals surface area contributed by atoms with E-state index in [4.69, 9.17) is 5.73 Å². The van der Waals surface area contributed by atoms with Gasteiger partial charge in [0.15, 0.2) is 5.78 Å². The minimum absolute atomic E-state index is 0.0126. The van der Waals surface area contributed by atoms with Crippen LogP contribution in [0.3, 0.4) is 0 Å². The van der Waals surface area contributed by atoms with Gasteiger partial charge in [-0.1, -0.05) is 46.3 Å². The molecule has 0 saturated heterocycles. The molecule has 0 amide bonds. The number of hydrogen-bond acceptors (Lipinski definition) is 2. The van der Waals surface area contributed by atoms with Crippen LogP contribution in [-0.4, -0.2) is 5.78 Å². The summed E-state index contributed by atoms with van der Waals surface area (Å²) < 4.78 is 14.3. The summed E-state index contributed by atoms with van der Waals surface area (Å²) in [5.41, 5.74) is 6.98. The predicted octanol–water partition coefficient (Wildman–Crippen LogP) is 3.40. The number of carbonyl (C=O) groups is 1. The standard InChI is InChI=1S/C15H13BrFNO/c16-12-6-7-13(17)11(8-12)9-14(19)15(18)10-4-2-1-3-5-10/h1-8,15H,9,18H2. The second kappa shape index (κ2) is 6.08. The molecule has 0 spiro atoms. The SMILES string of the molecule is NC(C(=O)Cc1cc(Br)ccc1F)c1ccccc1. The van der Waals surface area contributed by atoms with Gasteiger partial charge in [-0.3, -0.25) is 4.79 Å². The van der Waals surface area contributed by atoms with Gasteiger partial charge < -0.3 is 5.73 Å². The van der Waals surface area contributed by atoms with Crippen molar-refractivity contribution in [3.8, 4) is 0 Å². The molecule has 4 heteroatoms.